The largest absolute Gasteiger partial charge is 0.507 e. The highest BCUT2D eigenvalue weighted by atomic mass is 35.5. The first-order chi connectivity index (χ1) is 10.1. The van der Waals surface area contributed by atoms with E-state index in [0.717, 1.165) is 0 Å². The highest BCUT2D eigenvalue weighted by Crippen LogP contribution is 2.22. The summed E-state index contributed by atoms with van der Waals surface area (Å²) in [7, 11) is 0. The zero-order valence-corrected chi connectivity index (χ0v) is 12.3. The lowest BCUT2D eigenvalue weighted by molar-refractivity contribution is 0.0447. The van der Waals surface area contributed by atoms with E-state index in [1.54, 1.807) is 43.3 Å². The Hall–Kier alpha value is -2.20. The van der Waals surface area contributed by atoms with E-state index in [1.165, 1.54) is 6.07 Å². The summed E-state index contributed by atoms with van der Waals surface area (Å²) in [5.74, 6) is -0.0268. The van der Waals surface area contributed by atoms with Crippen molar-refractivity contribution < 1.29 is 19.4 Å². The molecule has 21 heavy (non-hydrogen) atoms. The number of benzene rings is 2. The van der Waals surface area contributed by atoms with E-state index in [9.17, 15) is 9.90 Å². The average Bonchev–Trinajstić information content (AvgIpc) is 2.46. The Bertz CT molecular complexity index is 640. The third-order valence-electron chi connectivity index (χ3n) is 2.84. The van der Waals surface area contributed by atoms with Gasteiger partial charge in [0.25, 0.3) is 0 Å². The number of hydrogen-bond donors (Lipinski definition) is 1. The molecule has 0 aromatic heterocycles. The molecule has 0 bridgehead atoms. The minimum Gasteiger partial charge on any atom is -0.507 e. The molecule has 0 aliphatic carbocycles. The first-order valence-electron chi connectivity index (χ1n) is 6.42. The maximum Gasteiger partial charge on any atom is 0.342 e. The van der Waals surface area contributed by atoms with Crippen LogP contribution in [0, 0.1) is 6.92 Å². The fraction of sp³-hybridized carbons (Fsp3) is 0.188. The molecule has 5 heteroatoms. The summed E-state index contributed by atoms with van der Waals surface area (Å²) in [6, 6.07) is 11.9. The van der Waals surface area contributed by atoms with Crippen LogP contribution >= 0.6 is 11.6 Å². The fourth-order valence-corrected chi connectivity index (χ4v) is 1.93. The van der Waals surface area contributed by atoms with E-state index in [0.29, 0.717) is 16.3 Å². The van der Waals surface area contributed by atoms with E-state index in [2.05, 4.69) is 0 Å². The van der Waals surface area contributed by atoms with Gasteiger partial charge in [0, 0.05) is 5.02 Å². The van der Waals surface area contributed by atoms with Gasteiger partial charge in [-0.15, -0.1) is 0 Å². The molecule has 1 N–H and O–H groups in total. The summed E-state index contributed by atoms with van der Waals surface area (Å²) in [6.07, 6.45) is 0. The number of carbonyl (C=O) groups excluding carboxylic acids is 1. The van der Waals surface area contributed by atoms with Crippen molar-refractivity contribution in [1.82, 2.24) is 0 Å². The second kappa shape index (κ2) is 6.99. The fourth-order valence-electron chi connectivity index (χ4n) is 1.75. The quantitative estimate of drug-likeness (QED) is 0.677. The zero-order valence-electron chi connectivity index (χ0n) is 11.5. The normalized spacial score (nSPS) is 10.2. The number of aromatic hydroxyl groups is 1. The lowest BCUT2D eigenvalue weighted by Gasteiger charge is -2.09. The van der Waals surface area contributed by atoms with Crippen LogP contribution < -0.4 is 4.74 Å². The van der Waals surface area contributed by atoms with E-state index in [-0.39, 0.29) is 24.5 Å². The van der Waals surface area contributed by atoms with Crippen molar-refractivity contribution in [3.8, 4) is 11.5 Å². The molecule has 110 valence electrons. The molecule has 4 nitrogen and oxygen atoms in total. The van der Waals surface area contributed by atoms with Crippen molar-refractivity contribution >= 4 is 17.6 Å². The maximum atomic E-state index is 11.8. The third-order valence-corrected chi connectivity index (χ3v) is 3.07. The van der Waals surface area contributed by atoms with Crippen molar-refractivity contribution in [1.29, 1.82) is 0 Å². The van der Waals surface area contributed by atoms with E-state index in [1.807, 2.05) is 0 Å². The number of carbonyl (C=O) groups is 1. The summed E-state index contributed by atoms with van der Waals surface area (Å²) >= 11 is 5.83. The van der Waals surface area contributed by atoms with Gasteiger partial charge >= 0.3 is 5.97 Å². The molecular weight excluding hydrogens is 292 g/mol. The van der Waals surface area contributed by atoms with Crippen molar-refractivity contribution in [2.75, 3.05) is 13.2 Å². The minimum absolute atomic E-state index is 0.0572. The monoisotopic (exact) mass is 306 g/mol. The Kier molecular flexibility index (Phi) is 5.06. The van der Waals surface area contributed by atoms with Gasteiger partial charge in [0.2, 0.25) is 0 Å². The first kappa shape index (κ1) is 15.2. The lowest BCUT2D eigenvalue weighted by Crippen LogP contribution is -2.12. The molecule has 0 heterocycles. The van der Waals surface area contributed by atoms with Crippen molar-refractivity contribution in [3.05, 3.63) is 58.6 Å². The number of para-hydroxylation sites is 1. The van der Waals surface area contributed by atoms with Crippen LogP contribution in [0.3, 0.4) is 0 Å². The molecule has 0 saturated carbocycles. The average molecular weight is 307 g/mol. The van der Waals surface area contributed by atoms with Gasteiger partial charge in [0.15, 0.2) is 0 Å². The number of phenolic OH excluding ortho intramolecular Hbond substituents is 1. The molecule has 0 radical (unpaired) electrons. The number of aryl methyl sites for hydroxylation is 1. The summed E-state index contributed by atoms with van der Waals surface area (Å²) in [6.45, 7) is 2.01. The molecule has 0 aliphatic rings. The molecular formula is C16H15ClO4. The minimum atomic E-state index is -0.578. The number of ether oxygens (including phenoxy) is 2. The van der Waals surface area contributed by atoms with Crippen LogP contribution in [-0.4, -0.2) is 24.3 Å². The van der Waals surface area contributed by atoms with Gasteiger partial charge in [-0.1, -0.05) is 29.8 Å². The van der Waals surface area contributed by atoms with Gasteiger partial charge in [-0.05, 0) is 36.8 Å². The van der Waals surface area contributed by atoms with E-state index in [4.69, 9.17) is 21.1 Å². The summed E-state index contributed by atoms with van der Waals surface area (Å²) in [5.41, 5.74) is 0.775. The van der Waals surface area contributed by atoms with Gasteiger partial charge in [-0.3, -0.25) is 0 Å². The van der Waals surface area contributed by atoms with Crippen LogP contribution in [0.4, 0.5) is 0 Å². The Morgan fingerprint density at radius 1 is 1.19 bits per heavy atom. The van der Waals surface area contributed by atoms with Crippen LogP contribution in [-0.2, 0) is 4.74 Å². The standard InChI is InChI=1S/C16H15ClO4/c1-11-4-2-7-14(15(11)18)16(19)21-9-8-20-13-6-3-5-12(17)10-13/h2-7,10,18H,8-9H2,1H3. The molecule has 2 aromatic carbocycles. The molecule has 0 spiro atoms. The molecule has 0 atom stereocenters. The van der Waals surface area contributed by atoms with Crippen LogP contribution in [0.1, 0.15) is 15.9 Å². The number of hydrogen-bond acceptors (Lipinski definition) is 4. The van der Waals surface area contributed by atoms with Gasteiger partial charge in [-0.2, -0.15) is 0 Å². The van der Waals surface area contributed by atoms with Crippen LogP contribution in [0.25, 0.3) is 0 Å². The highest BCUT2D eigenvalue weighted by molar-refractivity contribution is 6.30. The summed E-state index contributed by atoms with van der Waals surface area (Å²) < 4.78 is 10.5. The topological polar surface area (TPSA) is 55.8 Å². The van der Waals surface area contributed by atoms with Gasteiger partial charge in [0.1, 0.15) is 30.3 Å². The summed E-state index contributed by atoms with van der Waals surface area (Å²) in [4.78, 5) is 11.8. The predicted molar refractivity (Wildman–Crippen MR) is 80.1 cm³/mol. The molecule has 0 unspecified atom stereocenters. The van der Waals surface area contributed by atoms with Gasteiger partial charge < -0.3 is 14.6 Å². The second-order valence-corrected chi connectivity index (χ2v) is 4.85. The van der Waals surface area contributed by atoms with Crippen molar-refractivity contribution in [3.63, 3.8) is 0 Å². The highest BCUT2D eigenvalue weighted by Gasteiger charge is 2.13. The van der Waals surface area contributed by atoms with Crippen LogP contribution in [0.2, 0.25) is 5.02 Å². The Labute approximate surface area is 127 Å². The smallest absolute Gasteiger partial charge is 0.342 e. The Balaban J connectivity index is 1.83. The molecule has 2 aromatic rings. The molecule has 0 saturated heterocycles. The summed E-state index contributed by atoms with van der Waals surface area (Å²) in [5, 5.41) is 10.4. The zero-order chi connectivity index (χ0) is 15.2. The Morgan fingerprint density at radius 3 is 2.71 bits per heavy atom. The number of phenols is 1. The molecule has 0 fully saturated rings. The maximum absolute atomic E-state index is 11.8. The second-order valence-electron chi connectivity index (χ2n) is 4.41. The molecule has 2 rings (SSSR count). The van der Waals surface area contributed by atoms with E-state index >= 15 is 0 Å². The predicted octanol–water partition coefficient (Wildman–Crippen LogP) is 3.59. The third kappa shape index (κ3) is 4.13. The van der Waals surface area contributed by atoms with Gasteiger partial charge in [0.05, 0.1) is 0 Å². The van der Waals surface area contributed by atoms with Crippen LogP contribution in [0.5, 0.6) is 11.5 Å². The van der Waals surface area contributed by atoms with Gasteiger partial charge in [-0.25, -0.2) is 4.79 Å². The van der Waals surface area contributed by atoms with Crippen molar-refractivity contribution in [2.45, 2.75) is 6.92 Å². The van der Waals surface area contributed by atoms with Crippen LogP contribution in [0.15, 0.2) is 42.5 Å². The van der Waals surface area contributed by atoms with E-state index < -0.39 is 5.97 Å². The number of esters is 1. The number of rotatable bonds is 5. The lowest BCUT2D eigenvalue weighted by atomic mass is 10.1. The molecule has 0 aliphatic heterocycles. The Morgan fingerprint density at radius 2 is 1.95 bits per heavy atom. The number of halogens is 1. The van der Waals surface area contributed by atoms with Crippen molar-refractivity contribution in [2.24, 2.45) is 0 Å². The first-order valence-corrected chi connectivity index (χ1v) is 6.80. The molecule has 0 amide bonds. The SMILES string of the molecule is Cc1cccc(C(=O)OCCOc2cccc(Cl)c2)c1O.